The zero-order valence-corrected chi connectivity index (χ0v) is 15.2. The fourth-order valence-electron chi connectivity index (χ4n) is 2.67. The van der Waals surface area contributed by atoms with Crippen molar-refractivity contribution >= 4 is 11.8 Å². The Kier molecular flexibility index (Phi) is 6.75. The third kappa shape index (κ3) is 5.45. The van der Waals surface area contributed by atoms with E-state index in [0.717, 1.165) is 16.7 Å². The summed E-state index contributed by atoms with van der Waals surface area (Å²) in [5.74, 6) is -0.179. The smallest absolute Gasteiger partial charge is 0.242 e. The number of benzene rings is 2. The molecule has 0 aliphatic heterocycles. The normalized spacial score (nSPS) is 11.6. The summed E-state index contributed by atoms with van der Waals surface area (Å²) >= 11 is 0. The zero-order chi connectivity index (χ0) is 18.2. The van der Waals surface area contributed by atoms with E-state index in [1.54, 1.807) is 11.8 Å². The van der Waals surface area contributed by atoms with Crippen LogP contribution in [-0.4, -0.2) is 29.3 Å². The molecule has 0 saturated heterocycles. The molecule has 4 heteroatoms. The van der Waals surface area contributed by atoms with Crippen molar-refractivity contribution in [2.24, 2.45) is 0 Å². The minimum Gasteiger partial charge on any atom is -0.355 e. The summed E-state index contributed by atoms with van der Waals surface area (Å²) in [6.45, 7) is 6.64. The van der Waals surface area contributed by atoms with Crippen molar-refractivity contribution in [3.05, 3.63) is 71.3 Å². The maximum atomic E-state index is 12.9. The Morgan fingerprint density at radius 2 is 1.64 bits per heavy atom. The molecule has 0 radical (unpaired) electrons. The van der Waals surface area contributed by atoms with E-state index in [0.29, 0.717) is 13.1 Å². The largest absolute Gasteiger partial charge is 0.355 e. The Balaban J connectivity index is 2.18. The molecule has 0 heterocycles. The van der Waals surface area contributed by atoms with Gasteiger partial charge in [0.1, 0.15) is 6.04 Å². The third-order valence-corrected chi connectivity index (χ3v) is 4.19. The predicted molar refractivity (Wildman–Crippen MR) is 100 cm³/mol. The van der Waals surface area contributed by atoms with Gasteiger partial charge in [-0.05, 0) is 31.9 Å². The summed E-state index contributed by atoms with van der Waals surface area (Å²) in [5, 5.41) is 2.80. The molecule has 2 aromatic carbocycles. The maximum Gasteiger partial charge on any atom is 0.242 e. The molecule has 0 unspecified atom stereocenters. The quantitative estimate of drug-likeness (QED) is 0.843. The number of hydrogen-bond donors (Lipinski definition) is 1. The highest BCUT2D eigenvalue weighted by Gasteiger charge is 2.25. The van der Waals surface area contributed by atoms with Gasteiger partial charge in [-0.1, -0.05) is 60.2 Å². The second-order valence-electron chi connectivity index (χ2n) is 6.24. The predicted octanol–water partition coefficient (Wildman–Crippen LogP) is 3.09. The summed E-state index contributed by atoms with van der Waals surface area (Å²) in [6.07, 6.45) is 0.289. The van der Waals surface area contributed by atoms with Crippen LogP contribution in [0, 0.1) is 6.92 Å². The molecule has 0 fully saturated rings. The number of rotatable bonds is 7. The van der Waals surface area contributed by atoms with Crippen LogP contribution in [0.2, 0.25) is 0 Å². The third-order valence-electron chi connectivity index (χ3n) is 4.19. The monoisotopic (exact) mass is 338 g/mol. The second kappa shape index (κ2) is 9.02. The van der Waals surface area contributed by atoms with Gasteiger partial charge in [0.2, 0.25) is 11.8 Å². The van der Waals surface area contributed by atoms with Crippen LogP contribution >= 0.6 is 0 Å². The topological polar surface area (TPSA) is 49.4 Å². The van der Waals surface area contributed by atoms with Crippen LogP contribution < -0.4 is 5.32 Å². The van der Waals surface area contributed by atoms with Crippen LogP contribution in [0.15, 0.2) is 54.6 Å². The van der Waals surface area contributed by atoms with E-state index < -0.39 is 6.04 Å². The SMILES string of the molecule is CCNC(=O)[C@@H](C)N(Cc1ccccc1)C(=O)Cc1ccc(C)cc1. The molecule has 0 spiro atoms. The summed E-state index contributed by atoms with van der Waals surface area (Å²) < 4.78 is 0. The van der Waals surface area contributed by atoms with E-state index in [-0.39, 0.29) is 18.2 Å². The summed E-state index contributed by atoms with van der Waals surface area (Å²) in [6, 6.07) is 17.2. The standard InChI is InChI=1S/C21H26N2O2/c1-4-22-21(25)17(3)23(15-19-8-6-5-7-9-19)20(24)14-18-12-10-16(2)11-13-18/h5-13,17H,4,14-15H2,1-3H3,(H,22,25)/t17-/m1/s1. The van der Waals surface area contributed by atoms with Crippen LogP contribution in [0.1, 0.15) is 30.5 Å². The van der Waals surface area contributed by atoms with Gasteiger partial charge in [0, 0.05) is 13.1 Å². The van der Waals surface area contributed by atoms with Crippen molar-refractivity contribution in [1.82, 2.24) is 10.2 Å². The van der Waals surface area contributed by atoms with E-state index in [1.165, 1.54) is 0 Å². The van der Waals surface area contributed by atoms with E-state index in [9.17, 15) is 9.59 Å². The first-order valence-electron chi connectivity index (χ1n) is 8.68. The molecule has 2 aromatic rings. The first-order valence-corrected chi connectivity index (χ1v) is 8.68. The van der Waals surface area contributed by atoms with E-state index in [4.69, 9.17) is 0 Å². The highest BCUT2D eigenvalue weighted by atomic mass is 16.2. The highest BCUT2D eigenvalue weighted by molar-refractivity contribution is 5.88. The summed E-state index contributed by atoms with van der Waals surface area (Å²) in [7, 11) is 0. The maximum absolute atomic E-state index is 12.9. The average molecular weight is 338 g/mol. The molecular weight excluding hydrogens is 312 g/mol. The minimum atomic E-state index is -0.516. The van der Waals surface area contributed by atoms with E-state index in [1.807, 2.05) is 68.4 Å². The lowest BCUT2D eigenvalue weighted by atomic mass is 10.1. The van der Waals surface area contributed by atoms with E-state index >= 15 is 0 Å². The molecular formula is C21H26N2O2. The van der Waals surface area contributed by atoms with Crippen LogP contribution in [0.3, 0.4) is 0 Å². The van der Waals surface area contributed by atoms with Crippen molar-refractivity contribution in [2.75, 3.05) is 6.54 Å². The van der Waals surface area contributed by atoms with Gasteiger partial charge >= 0.3 is 0 Å². The number of nitrogens with one attached hydrogen (secondary N) is 1. The summed E-state index contributed by atoms with van der Waals surface area (Å²) in [4.78, 5) is 26.8. The Labute approximate surface area is 149 Å². The van der Waals surface area contributed by atoms with Crippen molar-refractivity contribution < 1.29 is 9.59 Å². The zero-order valence-electron chi connectivity index (χ0n) is 15.2. The minimum absolute atomic E-state index is 0.0496. The van der Waals surface area contributed by atoms with Crippen LogP contribution in [-0.2, 0) is 22.6 Å². The van der Waals surface area contributed by atoms with Gasteiger partial charge in [0.25, 0.3) is 0 Å². The number of nitrogens with zero attached hydrogens (tertiary/aromatic N) is 1. The molecule has 1 atom stereocenters. The fourth-order valence-corrected chi connectivity index (χ4v) is 2.67. The molecule has 4 nitrogen and oxygen atoms in total. The highest BCUT2D eigenvalue weighted by Crippen LogP contribution is 2.13. The number of carbonyl (C=O) groups excluding carboxylic acids is 2. The van der Waals surface area contributed by atoms with Gasteiger partial charge in [-0.2, -0.15) is 0 Å². The van der Waals surface area contributed by atoms with Gasteiger partial charge in [0.15, 0.2) is 0 Å². The Bertz CT molecular complexity index is 696. The Morgan fingerprint density at radius 3 is 2.24 bits per heavy atom. The van der Waals surface area contributed by atoms with Gasteiger partial charge in [-0.3, -0.25) is 9.59 Å². The number of amides is 2. The van der Waals surface area contributed by atoms with Crippen LogP contribution in [0.4, 0.5) is 0 Å². The van der Waals surface area contributed by atoms with E-state index in [2.05, 4.69) is 5.32 Å². The van der Waals surface area contributed by atoms with Gasteiger partial charge in [-0.25, -0.2) is 0 Å². The van der Waals surface area contributed by atoms with Crippen molar-refractivity contribution in [3.8, 4) is 0 Å². The lowest BCUT2D eigenvalue weighted by molar-refractivity contribution is -0.140. The number of aryl methyl sites for hydroxylation is 1. The first-order chi connectivity index (χ1) is 12.0. The first kappa shape index (κ1) is 18.7. The Morgan fingerprint density at radius 1 is 1.00 bits per heavy atom. The molecule has 1 N–H and O–H groups in total. The van der Waals surface area contributed by atoms with Crippen molar-refractivity contribution in [3.63, 3.8) is 0 Å². The lowest BCUT2D eigenvalue weighted by Gasteiger charge is -2.28. The summed E-state index contributed by atoms with van der Waals surface area (Å²) in [5.41, 5.74) is 3.13. The van der Waals surface area contributed by atoms with Gasteiger partial charge in [0.05, 0.1) is 6.42 Å². The molecule has 132 valence electrons. The van der Waals surface area contributed by atoms with Crippen molar-refractivity contribution in [1.29, 1.82) is 0 Å². The Hall–Kier alpha value is -2.62. The molecule has 0 aliphatic rings. The second-order valence-corrected chi connectivity index (χ2v) is 6.24. The average Bonchev–Trinajstić information content (AvgIpc) is 2.62. The number of likely N-dealkylation sites (N-methyl/N-ethyl adjacent to an activating group) is 1. The molecule has 0 saturated carbocycles. The lowest BCUT2D eigenvalue weighted by Crippen LogP contribution is -2.48. The van der Waals surface area contributed by atoms with Crippen LogP contribution in [0.25, 0.3) is 0 Å². The van der Waals surface area contributed by atoms with Gasteiger partial charge < -0.3 is 10.2 Å². The molecule has 0 aromatic heterocycles. The number of carbonyl (C=O) groups is 2. The van der Waals surface area contributed by atoms with Gasteiger partial charge in [-0.15, -0.1) is 0 Å². The molecule has 2 rings (SSSR count). The number of hydrogen-bond acceptors (Lipinski definition) is 2. The van der Waals surface area contributed by atoms with Crippen molar-refractivity contribution in [2.45, 2.75) is 39.8 Å². The molecule has 0 bridgehead atoms. The molecule has 0 aliphatic carbocycles. The van der Waals surface area contributed by atoms with Crippen LogP contribution in [0.5, 0.6) is 0 Å². The molecule has 25 heavy (non-hydrogen) atoms. The fraction of sp³-hybridized carbons (Fsp3) is 0.333. The molecule has 2 amide bonds.